The number of aromatic nitrogens is 2. The SMILES string of the molecule is O=c1cc(C2CCCCC2)[nH]c(=S)[nH]1. The van der Waals surface area contributed by atoms with Gasteiger partial charge in [-0.1, -0.05) is 19.3 Å². The Kier molecular flexibility index (Phi) is 2.82. The normalized spacial score (nSPS) is 18.3. The number of hydrogen-bond acceptors (Lipinski definition) is 2. The maximum absolute atomic E-state index is 11.2. The van der Waals surface area contributed by atoms with Crippen LogP contribution < -0.4 is 5.56 Å². The van der Waals surface area contributed by atoms with Crippen molar-refractivity contribution in [2.24, 2.45) is 0 Å². The van der Waals surface area contributed by atoms with Crippen LogP contribution in [-0.4, -0.2) is 9.97 Å². The zero-order valence-electron chi connectivity index (χ0n) is 8.01. The molecular formula is C10H14N2OS. The van der Waals surface area contributed by atoms with E-state index in [0.717, 1.165) is 5.69 Å². The van der Waals surface area contributed by atoms with Crippen molar-refractivity contribution < 1.29 is 0 Å². The minimum absolute atomic E-state index is 0.0886. The average molecular weight is 210 g/mol. The largest absolute Gasteiger partial charge is 0.336 e. The van der Waals surface area contributed by atoms with Gasteiger partial charge in [0.2, 0.25) is 0 Å². The molecule has 0 aromatic carbocycles. The molecule has 1 fully saturated rings. The fourth-order valence-electron chi connectivity index (χ4n) is 2.12. The molecule has 1 aromatic rings. The fraction of sp³-hybridized carbons (Fsp3) is 0.600. The lowest BCUT2D eigenvalue weighted by Crippen LogP contribution is -2.13. The first-order valence-corrected chi connectivity index (χ1v) is 5.50. The van der Waals surface area contributed by atoms with Crippen molar-refractivity contribution in [3.05, 3.63) is 26.9 Å². The fourth-order valence-corrected chi connectivity index (χ4v) is 2.34. The standard InChI is InChI=1S/C10H14N2OS/c13-9-6-8(11-10(14)12-9)7-4-2-1-3-5-7/h6-7H,1-5H2,(H2,11,12,13,14). The van der Waals surface area contributed by atoms with Gasteiger partial charge < -0.3 is 4.98 Å². The molecule has 14 heavy (non-hydrogen) atoms. The molecule has 1 aliphatic rings. The van der Waals surface area contributed by atoms with Gasteiger partial charge in [-0.3, -0.25) is 9.78 Å². The maximum atomic E-state index is 11.2. The Hall–Kier alpha value is -0.900. The van der Waals surface area contributed by atoms with Gasteiger partial charge in [-0.25, -0.2) is 0 Å². The zero-order chi connectivity index (χ0) is 9.97. The van der Waals surface area contributed by atoms with E-state index < -0.39 is 0 Å². The number of hydrogen-bond donors (Lipinski definition) is 2. The molecule has 0 saturated heterocycles. The minimum Gasteiger partial charge on any atom is -0.336 e. The van der Waals surface area contributed by atoms with Crippen LogP contribution in [0.4, 0.5) is 0 Å². The van der Waals surface area contributed by atoms with Gasteiger partial charge in [-0.05, 0) is 31.0 Å². The Morgan fingerprint density at radius 3 is 2.57 bits per heavy atom. The van der Waals surface area contributed by atoms with Gasteiger partial charge in [0.15, 0.2) is 4.77 Å². The van der Waals surface area contributed by atoms with E-state index in [-0.39, 0.29) is 5.56 Å². The van der Waals surface area contributed by atoms with Gasteiger partial charge in [0.25, 0.3) is 5.56 Å². The van der Waals surface area contributed by atoms with E-state index in [1.54, 1.807) is 6.07 Å². The first kappa shape index (κ1) is 9.65. The minimum atomic E-state index is -0.0886. The number of aromatic amines is 2. The summed E-state index contributed by atoms with van der Waals surface area (Å²) in [5, 5.41) is 0. The molecule has 2 N–H and O–H groups in total. The summed E-state index contributed by atoms with van der Waals surface area (Å²) in [7, 11) is 0. The van der Waals surface area contributed by atoms with Crippen molar-refractivity contribution in [1.82, 2.24) is 9.97 Å². The second-order valence-corrected chi connectivity index (χ2v) is 4.29. The van der Waals surface area contributed by atoms with Gasteiger partial charge in [0.1, 0.15) is 0 Å². The highest BCUT2D eigenvalue weighted by Gasteiger charge is 2.16. The number of nitrogens with one attached hydrogen (secondary N) is 2. The molecule has 0 aliphatic heterocycles. The second kappa shape index (κ2) is 4.09. The van der Waals surface area contributed by atoms with Crippen LogP contribution in [0.2, 0.25) is 0 Å². The molecule has 1 heterocycles. The van der Waals surface area contributed by atoms with Gasteiger partial charge in [0, 0.05) is 11.8 Å². The highest BCUT2D eigenvalue weighted by atomic mass is 32.1. The Bertz CT molecular complexity index is 386. The van der Waals surface area contributed by atoms with E-state index in [0.29, 0.717) is 10.7 Å². The third-order valence-electron chi connectivity index (χ3n) is 2.83. The van der Waals surface area contributed by atoms with E-state index in [1.165, 1.54) is 32.1 Å². The van der Waals surface area contributed by atoms with Crippen LogP contribution in [0.25, 0.3) is 0 Å². The van der Waals surface area contributed by atoms with E-state index in [2.05, 4.69) is 9.97 Å². The molecule has 1 aromatic heterocycles. The average Bonchev–Trinajstić information content (AvgIpc) is 2.18. The van der Waals surface area contributed by atoms with Crippen LogP contribution in [0, 0.1) is 4.77 Å². The molecule has 3 nitrogen and oxygen atoms in total. The smallest absolute Gasteiger partial charge is 0.251 e. The summed E-state index contributed by atoms with van der Waals surface area (Å²) in [6, 6.07) is 1.64. The summed E-state index contributed by atoms with van der Waals surface area (Å²) in [4.78, 5) is 16.8. The lowest BCUT2D eigenvalue weighted by Gasteiger charge is -2.21. The molecule has 4 heteroatoms. The highest BCUT2D eigenvalue weighted by Crippen LogP contribution is 2.30. The molecule has 0 spiro atoms. The summed E-state index contributed by atoms with van der Waals surface area (Å²) >= 11 is 4.95. The van der Waals surface area contributed by atoms with Crippen LogP contribution in [0.1, 0.15) is 43.7 Å². The van der Waals surface area contributed by atoms with Crippen LogP contribution in [0.15, 0.2) is 10.9 Å². The molecule has 0 unspecified atom stereocenters. The summed E-state index contributed by atoms with van der Waals surface area (Å²) in [5.74, 6) is 0.507. The highest BCUT2D eigenvalue weighted by molar-refractivity contribution is 7.71. The maximum Gasteiger partial charge on any atom is 0.251 e. The Labute approximate surface area is 87.6 Å². The van der Waals surface area contributed by atoms with E-state index in [4.69, 9.17) is 12.2 Å². The van der Waals surface area contributed by atoms with Crippen molar-refractivity contribution in [2.75, 3.05) is 0 Å². The van der Waals surface area contributed by atoms with Crippen molar-refractivity contribution in [2.45, 2.75) is 38.0 Å². The predicted octanol–water partition coefficient (Wildman–Crippen LogP) is 2.48. The van der Waals surface area contributed by atoms with Gasteiger partial charge in [-0.15, -0.1) is 0 Å². The molecule has 1 saturated carbocycles. The summed E-state index contributed by atoms with van der Waals surface area (Å²) in [6.45, 7) is 0. The second-order valence-electron chi connectivity index (χ2n) is 3.88. The van der Waals surface area contributed by atoms with Crippen LogP contribution in [-0.2, 0) is 0 Å². The summed E-state index contributed by atoms with van der Waals surface area (Å²) in [5.41, 5.74) is 0.924. The van der Waals surface area contributed by atoms with E-state index >= 15 is 0 Å². The molecule has 2 rings (SSSR count). The molecule has 0 atom stereocenters. The van der Waals surface area contributed by atoms with E-state index in [9.17, 15) is 4.79 Å². The Balaban J connectivity index is 2.30. The predicted molar refractivity (Wildman–Crippen MR) is 58.1 cm³/mol. The monoisotopic (exact) mass is 210 g/mol. The number of H-pyrrole nitrogens is 2. The first-order valence-electron chi connectivity index (χ1n) is 5.09. The molecule has 0 amide bonds. The first-order chi connectivity index (χ1) is 6.75. The van der Waals surface area contributed by atoms with Gasteiger partial charge in [-0.2, -0.15) is 0 Å². The quantitative estimate of drug-likeness (QED) is 0.700. The lowest BCUT2D eigenvalue weighted by atomic mass is 9.87. The Morgan fingerprint density at radius 2 is 1.93 bits per heavy atom. The number of rotatable bonds is 1. The van der Waals surface area contributed by atoms with Crippen molar-refractivity contribution in [3.63, 3.8) is 0 Å². The van der Waals surface area contributed by atoms with Crippen LogP contribution in [0.5, 0.6) is 0 Å². The molecule has 0 radical (unpaired) electrons. The topological polar surface area (TPSA) is 48.6 Å². The van der Waals surface area contributed by atoms with Crippen molar-refractivity contribution in [1.29, 1.82) is 0 Å². The Morgan fingerprint density at radius 1 is 1.21 bits per heavy atom. The van der Waals surface area contributed by atoms with Crippen molar-refractivity contribution >= 4 is 12.2 Å². The summed E-state index contributed by atoms with van der Waals surface area (Å²) < 4.78 is 0.443. The van der Waals surface area contributed by atoms with Crippen molar-refractivity contribution in [3.8, 4) is 0 Å². The van der Waals surface area contributed by atoms with E-state index in [1.807, 2.05) is 0 Å². The van der Waals surface area contributed by atoms with Crippen LogP contribution in [0.3, 0.4) is 0 Å². The zero-order valence-corrected chi connectivity index (χ0v) is 8.82. The van der Waals surface area contributed by atoms with Gasteiger partial charge in [0.05, 0.1) is 0 Å². The molecule has 0 bridgehead atoms. The third-order valence-corrected chi connectivity index (χ3v) is 3.03. The summed E-state index contributed by atoms with van der Waals surface area (Å²) in [6.07, 6.45) is 6.19. The molecule has 1 aliphatic carbocycles. The van der Waals surface area contributed by atoms with Crippen LogP contribution >= 0.6 is 12.2 Å². The third kappa shape index (κ3) is 2.12. The molecular weight excluding hydrogens is 196 g/mol. The lowest BCUT2D eigenvalue weighted by molar-refractivity contribution is 0.435. The van der Waals surface area contributed by atoms with Gasteiger partial charge >= 0.3 is 0 Å². The molecule has 76 valence electrons.